The number of carbonyl (C=O) groups is 2. The van der Waals surface area contributed by atoms with Crippen LogP contribution in [0.25, 0.3) is 0 Å². The zero-order chi connectivity index (χ0) is 19.6. The summed E-state index contributed by atoms with van der Waals surface area (Å²) in [4.78, 5) is 24.7. The van der Waals surface area contributed by atoms with Crippen LogP contribution in [0.3, 0.4) is 0 Å². The van der Waals surface area contributed by atoms with Gasteiger partial charge in [0.2, 0.25) is 0 Å². The zero-order valence-corrected chi connectivity index (χ0v) is 19.3. The van der Waals surface area contributed by atoms with Crippen LogP contribution in [-0.2, 0) is 20.7 Å². The Kier molecular flexibility index (Phi) is 9.39. The van der Waals surface area contributed by atoms with E-state index >= 15 is 0 Å². The summed E-state index contributed by atoms with van der Waals surface area (Å²) in [6, 6.07) is 1.80. The van der Waals surface area contributed by atoms with Crippen LogP contribution in [0.4, 0.5) is 23.4 Å². The van der Waals surface area contributed by atoms with E-state index in [-0.39, 0.29) is 69.1 Å². The van der Waals surface area contributed by atoms with Gasteiger partial charge in [0.1, 0.15) is 5.60 Å². The molecule has 1 amide bonds. The fourth-order valence-corrected chi connectivity index (χ4v) is 2.16. The average molecular weight is 399 g/mol. The van der Waals surface area contributed by atoms with Crippen molar-refractivity contribution in [2.45, 2.75) is 39.7 Å². The zero-order valence-electron chi connectivity index (χ0n) is 16.2. The number of halogens is 3. The topological polar surface area (TPSA) is 55.8 Å². The molecule has 0 radical (unpaired) electrons. The second-order valence-corrected chi connectivity index (χ2v) is 6.69. The molecule has 0 unspecified atom stereocenters. The normalized spacial score (nSPS) is 11.4. The van der Waals surface area contributed by atoms with E-state index in [2.05, 4.69) is 4.74 Å². The van der Waals surface area contributed by atoms with Crippen molar-refractivity contribution >= 4 is 30.2 Å². The van der Waals surface area contributed by atoms with E-state index in [0.29, 0.717) is 5.56 Å². The first-order chi connectivity index (χ1) is 11.3. The number of rotatable bonds is 4. The first-order valence-corrected chi connectivity index (χ1v) is 7.63. The molecule has 5 nitrogen and oxygen atoms in total. The second kappa shape index (κ2) is 9.59. The molecule has 0 aromatic heterocycles. The summed E-state index contributed by atoms with van der Waals surface area (Å²) in [5.41, 5.74) is -1.13. The molecule has 26 heavy (non-hydrogen) atoms. The molecule has 0 N–H and O–H groups in total. The minimum atomic E-state index is -5.30. The van der Waals surface area contributed by atoms with Gasteiger partial charge in [0.25, 0.3) is 0 Å². The SMILES string of the molecule is COC(=O)Cc1cc([B-](F)(F)F)cc(N(C)C(=O)OC(C)(C)C)c1C.[K+]. The van der Waals surface area contributed by atoms with Gasteiger partial charge < -0.3 is 22.4 Å². The summed E-state index contributed by atoms with van der Waals surface area (Å²) in [6.07, 6.45) is -1.11. The van der Waals surface area contributed by atoms with Gasteiger partial charge in [0.05, 0.1) is 13.5 Å². The van der Waals surface area contributed by atoms with Gasteiger partial charge in [-0.05, 0) is 38.8 Å². The van der Waals surface area contributed by atoms with E-state index in [9.17, 15) is 22.5 Å². The molecule has 0 bridgehead atoms. The maximum absolute atomic E-state index is 13.2. The average Bonchev–Trinajstić information content (AvgIpc) is 2.45. The third-order valence-electron chi connectivity index (χ3n) is 3.48. The fourth-order valence-electron chi connectivity index (χ4n) is 2.16. The summed E-state index contributed by atoms with van der Waals surface area (Å²) in [6.45, 7) is 1.21. The van der Waals surface area contributed by atoms with Gasteiger partial charge in [-0.1, -0.05) is 12.1 Å². The van der Waals surface area contributed by atoms with Crippen LogP contribution >= 0.6 is 0 Å². The maximum Gasteiger partial charge on any atom is 1.00 e. The third-order valence-corrected chi connectivity index (χ3v) is 3.48. The smallest absolute Gasteiger partial charge is 0.469 e. The van der Waals surface area contributed by atoms with Gasteiger partial charge in [0, 0.05) is 12.7 Å². The molecule has 0 saturated heterocycles. The predicted molar refractivity (Wildman–Crippen MR) is 90.2 cm³/mol. The van der Waals surface area contributed by atoms with Crippen LogP contribution in [0.15, 0.2) is 12.1 Å². The van der Waals surface area contributed by atoms with E-state index < -0.39 is 30.1 Å². The maximum atomic E-state index is 13.2. The van der Waals surface area contributed by atoms with Gasteiger partial charge in [-0.15, -0.1) is 5.46 Å². The number of nitrogens with zero attached hydrogens (tertiary/aromatic N) is 1. The molecular formula is C16H22BF3KNO4. The van der Waals surface area contributed by atoms with Crippen molar-refractivity contribution in [3.63, 3.8) is 0 Å². The second-order valence-electron chi connectivity index (χ2n) is 6.69. The number of amides is 1. The molecule has 1 rings (SSSR count). The van der Waals surface area contributed by atoms with Gasteiger partial charge >= 0.3 is 70.4 Å². The Labute approximate surface area is 194 Å². The summed E-state index contributed by atoms with van der Waals surface area (Å²) < 4.78 is 49.5. The Morgan fingerprint density at radius 2 is 1.73 bits per heavy atom. The van der Waals surface area contributed by atoms with E-state index in [0.717, 1.165) is 24.1 Å². The fraction of sp³-hybridized carbons (Fsp3) is 0.500. The van der Waals surface area contributed by atoms with Crippen LogP contribution in [0.1, 0.15) is 31.9 Å². The van der Waals surface area contributed by atoms with Gasteiger partial charge in [0.15, 0.2) is 0 Å². The number of benzene rings is 1. The quantitative estimate of drug-likeness (QED) is 0.534. The Hall–Kier alpha value is -0.549. The summed E-state index contributed by atoms with van der Waals surface area (Å²) in [5, 5.41) is 0. The number of hydrogen-bond donors (Lipinski definition) is 0. The molecule has 0 aliphatic carbocycles. The number of methoxy groups -OCH3 is 1. The Balaban J connectivity index is 0.00000625. The van der Waals surface area contributed by atoms with E-state index in [4.69, 9.17) is 4.74 Å². The Morgan fingerprint density at radius 1 is 1.19 bits per heavy atom. The van der Waals surface area contributed by atoms with Crippen LogP contribution in [0, 0.1) is 6.92 Å². The summed E-state index contributed by atoms with van der Waals surface area (Å²) >= 11 is 0. The van der Waals surface area contributed by atoms with Crippen molar-refractivity contribution in [3.8, 4) is 0 Å². The number of esters is 1. The number of anilines is 1. The molecule has 140 valence electrons. The van der Waals surface area contributed by atoms with Crippen molar-refractivity contribution < 1.29 is 83.4 Å². The molecule has 10 heteroatoms. The molecule has 0 aliphatic rings. The number of carbonyl (C=O) groups excluding carboxylic acids is 2. The molecule has 1 aromatic rings. The third kappa shape index (κ3) is 7.22. The largest absolute Gasteiger partial charge is 1.00 e. The minimum Gasteiger partial charge on any atom is -0.469 e. The number of hydrogen-bond acceptors (Lipinski definition) is 4. The standard InChI is InChI=1S/C16H22BF3NO4.K/c1-10-11(8-14(22)24-6)7-12(17(18,19)20)9-13(10)21(5)15(23)25-16(2,3)4;/h7,9H,8H2,1-6H3;/q-1;+1. The van der Waals surface area contributed by atoms with Crippen LogP contribution < -0.4 is 61.7 Å². The van der Waals surface area contributed by atoms with Crippen LogP contribution in [0.5, 0.6) is 0 Å². The molecule has 0 saturated carbocycles. The minimum absolute atomic E-state index is 0. The first kappa shape index (κ1) is 25.5. The Morgan fingerprint density at radius 3 is 2.15 bits per heavy atom. The first-order valence-electron chi connectivity index (χ1n) is 7.63. The van der Waals surface area contributed by atoms with Crippen molar-refractivity contribution in [2.24, 2.45) is 0 Å². The van der Waals surface area contributed by atoms with E-state index in [1.165, 1.54) is 7.05 Å². The molecule has 0 spiro atoms. The van der Waals surface area contributed by atoms with Crippen molar-refractivity contribution in [1.29, 1.82) is 0 Å². The monoisotopic (exact) mass is 399 g/mol. The van der Waals surface area contributed by atoms with E-state index in [1.54, 1.807) is 27.7 Å². The van der Waals surface area contributed by atoms with Gasteiger partial charge in [-0.2, -0.15) is 0 Å². The Bertz CT molecular complexity index is 675. The van der Waals surface area contributed by atoms with Crippen LogP contribution in [-0.4, -0.2) is 38.8 Å². The van der Waals surface area contributed by atoms with E-state index in [1.807, 2.05) is 0 Å². The van der Waals surface area contributed by atoms with Crippen molar-refractivity contribution in [3.05, 3.63) is 23.3 Å². The molecule has 0 atom stereocenters. The van der Waals surface area contributed by atoms with Crippen LogP contribution in [0.2, 0.25) is 0 Å². The predicted octanol–water partition coefficient (Wildman–Crippen LogP) is 0.140. The number of ether oxygens (including phenoxy) is 2. The summed E-state index contributed by atoms with van der Waals surface area (Å²) in [5.74, 6) is -0.666. The molecular weight excluding hydrogens is 377 g/mol. The van der Waals surface area contributed by atoms with Gasteiger partial charge in [-0.3, -0.25) is 9.69 Å². The van der Waals surface area contributed by atoms with Crippen molar-refractivity contribution in [2.75, 3.05) is 19.1 Å². The molecule has 0 heterocycles. The molecule has 0 aliphatic heterocycles. The molecule has 1 aromatic carbocycles. The molecule has 0 fully saturated rings. The summed E-state index contributed by atoms with van der Waals surface area (Å²) in [7, 11) is 2.48. The van der Waals surface area contributed by atoms with Crippen molar-refractivity contribution in [1.82, 2.24) is 0 Å². The van der Waals surface area contributed by atoms with Gasteiger partial charge in [-0.25, -0.2) is 4.79 Å².